The Morgan fingerprint density at radius 3 is 2.69 bits per heavy atom. The van der Waals surface area contributed by atoms with Crippen molar-refractivity contribution in [1.29, 1.82) is 0 Å². The lowest BCUT2D eigenvalue weighted by Gasteiger charge is -1.94. The molecular weight excluding hydrogens is 164 g/mol. The number of rotatable bonds is 1. The Bertz CT molecular complexity index is 406. The van der Waals surface area contributed by atoms with Crippen molar-refractivity contribution in [2.24, 2.45) is 0 Å². The highest BCUT2D eigenvalue weighted by Crippen LogP contribution is 2.22. The van der Waals surface area contributed by atoms with Gasteiger partial charge in [-0.1, -0.05) is 0 Å². The fraction of sp³-hybridized carbons (Fsp3) is 0.200. The average Bonchev–Trinajstić information content (AvgIpc) is 2.47. The summed E-state index contributed by atoms with van der Waals surface area (Å²) in [5.41, 5.74) is 1.88. The molecule has 0 aliphatic carbocycles. The monoisotopic (exact) mass is 174 g/mol. The minimum Gasteiger partial charge on any atom is -0.441 e. The van der Waals surface area contributed by atoms with Gasteiger partial charge in [-0.25, -0.2) is 4.98 Å². The van der Waals surface area contributed by atoms with Gasteiger partial charge in [0.25, 0.3) is 0 Å². The van der Waals surface area contributed by atoms with Crippen molar-refractivity contribution < 1.29 is 4.42 Å². The zero-order valence-electron chi connectivity index (χ0n) is 7.61. The summed E-state index contributed by atoms with van der Waals surface area (Å²) in [5, 5.41) is 0. The van der Waals surface area contributed by atoms with Gasteiger partial charge in [0.2, 0.25) is 0 Å². The predicted molar refractivity (Wildman–Crippen MR) is 49.2 cm³/mol. The third-order valence-electron chi connectivity index (χ3n) is 1.83. The summed E-state index contributed by atoms with van der Waals surface area (Å²) in [7, 11) is 0. The fourth-order valence-electron chi connectivity index (χ4n) is 1.30. The summed E-state index contributed by atoms with van der Waals surface area (Å²) in [6.07, 6.45) is 3.51. The highest BCUT2D eigenvalue weighted by molar-refractivity contribution is 5.57. The van der Waals surface area contributed by atoms with Crippen LogP contribution < -0.4 is 0 Å². The van der Waals surface area contributed by atoms with Crippen LogP contribution in [-0.4, -0.2) is 9.97 Å². The second-order valence-corrected chi connectivity index (χ2v) is 2.89. The van der Waals surface area contributed by atoms with Crippen LogP contribution in [0.15, 0.2) is 28.9 Å². The molecule has 0 aliphatic rings. The number of aromatic nitrogens is 2. The first kappa shape index (κ1) is 7.98. The van der Waals surface area contributed by atoms with Crippen molar-refractivity contribution in [3.05, 3.63) is 36.1 Å². The smallest absolute Gasteiger partial charge is 0.192 e. The quantitative estimate of drug-likeness (QED) is 0.666. The van der Waals surface area contributed by atoms with Crippen molar-refractivity contribution in [3.8, 4) is 11.3 Å². The Morgan fingerprint density at radius 1 is 1.31 bits per heavy atom. The molecule has 0 aromatic carbocycles. The lowest BCUT2D eigenvalue weighted by atomic mass is 10.2. The maximum Gasteiger partial charge on any atom is 0.192 e. The Hall–Kier alpha value is -1.64. The zero-order chi connectivity index (χ0) is 9.26. The Morgan fingerprint density at radius 2 is 2.15 bits per heavy atom. The molecule has 2 heterocycles. The van der Waals surface area contributed by atoms with Gasteiger partial charge in [0.1, 0.15) is 0 Å². The molecule has 0 atom stereocenters. The molecule has 0 saturated heterocycles. The van der Waals surface area contributed by atoms with Crippen LogP contribution in [0.4, 0.5) is 0 Å². The van der Waals surface area contributed by atoms with Crippen LogP contribution >= 0.6 is 0 Å². The second kappa shape index (κ2) is 3.01. The van der Waals surface area contributed by atoms with Crippen LogP contribution in [0.2, 0.25) is 0 Å². The molecule has 3 nitrogen and oxygen atoms in total. The first-order valence-corrected chi connectivity index (χ1v) is 4.12. The molecule has 0 unspecified atom stereocenters. The molecule has 0 saturated carbocycles. The van der Waals surface area contributed by atoms with E-state index >= 15 is 0 Å². The molecule has 0 aliphatic heterocycles. The summed E-state index contributed by atoms with van der Waals surface area (Å²) >= 11 is 0. The maximum atomic E-state index is 5.45. The van der Waals surface area contributed by atoms with E-state index in [0.717, 1.165) is 17.0 Å². The lowest BCUT2D eigenvalue weighted by Crippen LogP contribution is -1.79. The van der Waals surface area contributed by atoms with Crippen LogP contribution in [0, 0.1) is 13.8 Å². The molecule has 0 fully saturated rings. The van der Waals surface area contributed by atoms with Crippen molar-refractivity contribution in [3.63, 3.8) is 0 Å². The van der Waals surface area contributed by atoms with E-state index in [4.69, 9.17) is 4.42 Å². The van der Waals surface area contributed by atoms with E-state index in [1.807, 2.05) is 26.0 Å². The topological polar surface area (TPSA) is 38.9 Å². The molecule has 3 heteroatoms. The molecule has 0 radical (unpaired) electrons. The molecule has 2 aromatic heterocycles. The van der Waals surface area contributed by atoms with Crippen molar-refractivity contribution in [2.45, 2.75) is 13.8 Å². The van der Waals surface area contributed by atoms with Crippen LogP contribution in [0.3, 0.4) is 0 Å². The van der Waals surface area contributed by atoms with E-state index in [-0.39, 0.29) is 0 Å². The van der Waals surface area contributed by atoms with Crippen LogP contribution in [0.5, 0.6) is 0 Å². The molecule has 0 bridgehead atoms. The average molecular weight is 174 g/mol. The van der Waals surface area contributed by atoms with E-state index in [9.17, 15) is 0 Å². The SMILES string of the molecule is Cc1nc(C)c(-c2cccnc2)o1. The third-order valence-corrected chi connectivity index (χ3v) is 1.83. The molecule has 13 heavy (non-hydrogen) atoms. The van der Waals surface area contributed by atoms with Gasteiger partial charge in [0, 0.05) is 24.9 Å². The molecule has 0 amide bonds. The Labute approximate surface area is 76.5 Å². The number of aryl methyl sites for hydroxylation is 2. The minimum absolute atomic E-state index is 0.691. The summed E-state index contributed by atoms with van der Waals surface area (Å²) < 4.78 is 5.45. The van der Waals surface area contributed by atoms with Gasteiger partial charge in [0.05, 0.1) is 5.69 Å². The number of pyridine rings is 1. The summed E-state index contributed by atoms with van der Waals surface area (Å²) in [4.78, 5) is 8.22. The van der Waals surface area contributed by atoms with E-state index in [0.29, 0.717) is 5.89 Å². The Balaban J connectivity index is 2.53. The second-order valence-electron chi connectivity index (χ2n) is 2.89. The number of oxazole rings is 1. The number of hydrogen-bond acceptors (Lipinski definition) is 3. The molecule has 0 N–H and O–H groups in total. The minimum atomic E-state index is 0.691. The highest BCUT2D eigenvalue weighted by atomic mass is 16.4. The first-order valence-electron chi connectivity index (χ1n) is 4.12. The van der Waals surface area contributed by atoms with Crippen molar-refractivity contribution in [2.75, 3.05) is 0 Å². The van der Waals surface area contributed by atoms with Gasteiger partial charge in [-0.3, -0.25) is 4.98 Å². The van der Waals surface area contributed by atoms with Gasteiger partial charge in [-0.2, -0.15) is 0 Å². The first-order chi connectivity index (χ1) is 6.27. The molecular formula is C10H10N2O. The number of hydrogen-bond donors (Lipinski definition) is 0. The molecule has 2 rings (SSSR count). The summed E-state index contributed by atoms with van der Waals surface area (Å²) in [6.45, 7) is 3.77. The van der Waals surface area contributed by atoms with Gasteiger partial charge >= 0.3 is 0 Å². The van der Waals surface area contributed by atoms with Gasteiger partial charge in [-0.15, -0.1) is 0 Å². The van der Waals surface area contributed by atoms with Gasteiger partial charge < -0.3 is 4.42 Å². The highest BCUT2D eigenvalue weighted by Gasteiger charge is 2.08. The van der Waals surface area contributed by atoms with E-state index in [1.165, 1.54) is 0 Å². The number of nitrogens with zero attached hydrogens (tertiary/aromatic N) is 2. The molecule has 0 spiro atoms. The van der Waals surface area contributed by atoms with Gasteiger partial charge in [-0.05, 0) is 19.1 Å². The van der Waals surface area contributed by atoms with E-state index in [2.05, 4.69) is 9.97 Å². The third kappa shape index (κ3) is 1.45. The van der Waals surface area contributed by atoms with Crippen LogP contribution in [0.1, 0.15) is 11.6 Å². The van der Waals surface area contributed by atoms with Crippen LogP contribution in [0.25, 0.3) is 11.3 Å². The largest absolute Gasteiger partial charge is 0.441 e. The van der Waals surface area contributed by atoms with E-state index < -0.39 is 0 Å². The van der Waals surface area contributed by atoms with Crippen molar-refractivity contribution >= 4 is 0 Å². The Kier molecular flexibility index (Phi) is 1.85. The molecule has 2 aromatic rings. The summed E-state index contributed by atoms with van der Waals surface area (Å²) in [5.74, 6) is 1.50. The predicted octanol–water partition coefficient (Wildman–Crippen LogP) is 2.35. The standard InChI is InChI=1S/C10H10N2O/c1-7-10(13-8(2)12-7)9-4-3-5-11-6-9/h3-6H,1-2H3. The fourth-order valence-corrected chi connectivity index (χ4v) is 1.30. The summed E-state index contributed by atoms with van der Waals surface area (Å²) in [6, 6.07) is 3.84. The molecule has 66 valence electrons. The maximum absolute atomic E-state index is 5.45. The van der Waals surface area contributed by atoms with Crippen LogP contribution in [-0.2, 0) is 0 Å². The lowest BCUT2D eigenvalue weighted by molar-refractivity contribution is 0.534. The zero-order valence-corrected chi connectivity index (χ0v) is 7.61. The van der Waals surface area contributed by atoms with Crippen molar-refractivity contribution in [1.82, 2.24) is 9.97 Å². The van der Waals surface area contributed by atoms with Gasteiger partial charge in [0.15, 0.2) is 11.7 Å². The van der Waals surface area contributed by atoms with E-state index in [1.54, 1.807) is 12.4 Å². The normalized spacial score (nSPS) is 10.3.